The molecular weight excluding hydrogens is 435 g/mol. The molecule has 1 fully saturated rings. The standard InChI is InChI=1S/C21H25FN6O3S/c1-12(2)32(29,30)18-8-7-14(9-23-18)26-21-25-10-15(22)19(28-21)16-11-24-20(27-16)17-6-4-5-13(3)31-17/h7-13,17H,4-6H2,1-3H3,(H,24,27)(H,25,26,28). The highest BCUT2D eigenvalue weighted by Crippen LogP contribution is 2.31. The molecule has 2 atom stereocenters. The van der Waals surface area contributed by atoms with Gasteiger partial charge in [0.05, 0.1) is 41.3 Å². The molecule has 1 aliphatic heterocycles. The predicted octanol–water partition coefficient (Wildman–Crippen LogP) is 3.96. The zero-order chi connectivity index (χ0) is 22.9. The number of sulfone groups is 1. The van der Waals surface area contributed by atoms with Gasteiger partial charge in [-0.25, -0.2) is 32.7 Å². The maximum Gasteiger partial charge on any atom is 0.228 e. The number of rotatable bonds is 6. The Hall–Kier alpha value is -2.92. The number of aromatic nitrogens is 5. The summed E-state index contributed by atoms with van der Waals surface area (Å²) in [5.74, 6) is 0.187. The Kier molecular flexibility index (Phi) is 6.20. The summed E-state index contributed by atoms with van der Waals surface area (Å²) in [6.45, 7) is 5.22. The van der Waals surface area contributed by atoms with E-state index in [0.29, 0.717) is 17.2 Å². The lowest BCUT2D eigenvalue weighted by Gasteiger charge is -2.26. The second-order valence-corrected chi connectivity index (χ2v) is 10.5. The molecule has 1 aliphatic rings. The largest absolute Gasteiger partial charge is 0.367 e. The quantitative estimate of drug-likeness (QED) is 0.567. The molecule has 2 unspecified atom stereocenters. The van der Waals surface area contributed by atoms with Gasteiger partial charge in [-0.2, -0.15) is 0 Å². The number of nitrogens with one attached hydrogen (secondary N) is 2. The molecule has 0 aromatic carbocycles. The first kappa shape index (κ1) is 22.3. The molecule has 0 radical (unpaired) electrons. The number of aromatic amines is 1. The number of imidazole rings is 1. The normalized spacial score (nSPS) is 19.3. The van der Waals surface area contributed by atoms with Crippen molar-refractivity contribution in [1.29, 1.82) is 0 Å². The van der Waals surface area contributed by atoms with Gasteiger partial charge in [0.1, 0.15) is 17.6 Å². The van der Waals surface area contributed by atoms with Crippen molar-refractivity contribution in [3.8, 4) is 11.4 Å². The second kappa shape index (κ2) is 8.91. The minimum Gasteiger partial charge on any atom is -0.367 e. The Morgan fingerprint density at radius 3 is 2.66 bits per heavy atom. The van der Waals surface area contributed by atoms with Gasteiger partial charge in [-0.15, -0.1) is 0 Å². The fraction of sp³-hybridized carbons (Fsp3) is 0.429. The number of hydrogen-bond donors (Lipinski definition) is 2. The third-order valence-electron chi connectivity index (χ3n) is 5.28. The topological polar surface area (TPSA) is 123 Å². The van der Waals surface area contributed by atoms with Crippen molar-refractivity contribution < 1.29 is 17.5 Å². The fourth-order valence-electron chi connectivity index (χ4n) is 3.44. The first-order valence-corrected chi connectivity index (χ1v) is 12.0. The summed E-state index contributed by atoms with van der Waals surface area (Å²) in [6, 6.07) is 2.97. The molecule has 170 valence electrons. The van der Waals surface area contributed by atoms with Crippen LogP contribution in [0.2, 0.25) is 0 Å². The molecule has 4 rings (SSSR count). The number of anilines is 2. The van der Waals surface area contributed by atoms with E-state index < -0.39 is 20.9 Å². The van der Waals surface area contributed by atoms with Gasteiger partial charge in [0.15, 0.2) is 20.7 Å². The smallest absolute Gasteiger partial charge is 0.228 e. The molecule has 11 heteroatoms. The fourth-order valence-corrected chi connectivity index (χ4v) is 4.38. The van der Waals surface area contributed by atoms with Crippen molar-refractivity contribution in [1.82, 2.24) is 24.9 Å². The molecule has 0 aliphatic carbocycles. The third kappa shape index (κ3) is 4.63. The molecule has 0 amide bonds. The van der Waals surface area contributed by atoms with E-state index in [0.717, 1.165) is 25.5 Å². The van der Waals surface area contributed by atoms with Crippen molar-refractivity contribution in [2.45, 2.75) is 62.5 Å². The van der Waals surface area contributed by atoms with Gasteiger partial charge in [0.2, 0.25) is 5.95 Å². The maximum atomic E-state index is 14.5. The molecule has 1 saturated heterocycles. The molecular formula is C21H25FN6O3S. The molecule has 9 nitrogen and oxygen atoms in total. The highest BCUT2D eigenvalue weighted by molar-refractivity contribution is 7.91. The number of hydrogen-bond acceptors (Lipinski definition) is 8. The van der Waals surface area contributed by atoms with Gasteiger partial charge in [0, 0.05) is 0 Å². The average Bonchev–Trinajstić information content (AvgIpc) is 3.25. The zero-order valence-electron chi connectivity index (χ0n) is 18.0. The van der Waals surface area contributed by atoms with Crippen LogP contribution in [0.1, 0.15) is 52.0 Å². The minimum atomic E-state index is -3.47. The van der Waals surface area contributed by atoms with Crippen LogP contribution in [0.25, 0.3) is 11.4 Å². The summed E-state index contributed by atoms with van der Waals surface area (Å²) in [7, 11) is -3.47. The van der Waals surface area contributed by atoms with E-state index in [2.05, 4.69) is 30.2 Å². The van der Waals surface area contributed by atoms with Crippen LogP contribution in [0, 0.1) is 5.82 Å². The van der Waals surface area contributed by atoms with E-state index >= 15 is 0 Å². The van der Waals surface area contributed by atoms with Crippen molar-refractivity contribution in [3.63, 3.8) is 0 Å². The Morgan fingerprint density at radius 2 is 1.97 bits per heavy atom. The highest BCUT2D eigenvalue weighted by Gasteiger charge is 2.24. The van der Waals surface area contributed by atoms with Gasteiger partial charge in [-0.1, -0.05) is 0 Å². The van der Waals surface area contributed by atoms with Crippen LogP contribution in [0.3, 0.4) is 0 Å². The van der Waals surface area contributed by atoms with Gasteiger partial charge in [-0.05, 0) is 52.2 Å². The average molecular weight is 461 g/mol. The van der Waals surface area contributed by atoms with Crippen LogP contribution in [0.5, 0.6) is 0 Å². The molecule has 3 aromatic rings. The van der Waals surface area contributed by atoms with Gasteiger partial charge >= 0.3 is 0 Å². The SMILES string of the molecule is CC1CCCC(c2ncc(-c3nc(Nc4ccc(S(=O)(=O)C(C)C)nc4)ncc3F)[nH]2)O1. The van der Waals surface area contributed by atoms with E-state index in [9.17, 15) is 12.8 Å². The monoisotopic (exact) mass is 460 g/mol. The van der Waals surface area contributed by atoms with E-state index in [1.54, 1.807) is 19.9 Å². The van der Waals surface area contributed by atoms with E-state index in [-0.39, 0.29) is 28.9 Å². The number of ether oxygens (including phenoxy) is 1. The molecule has 32 heavy (non-hydrogen) atoms. The second-order valence-electron chi connectivity index (χ2n) is 8.04. The number of H-pyrrole nitrogens is 1. The van der Waals surface area contributed by atoms with Gasteiger partial charge < -0.3 is 15.0 Å². The third-order valence-corrected chi connectivity index (χ3v) is 7.34. The molecule has 3 aromatic heterocycles. The lowest BCUT2D eigenvalue weighted by molar-refractivity contribution is -0.0454. The number of nitrogens with zero attached hydrogens (tertiary/aromatic N) is 4. The maximum absolute atomic E-state index is 14.5. The Balaban J connectivity index is 1.54. The van der Waals surface area contributed by atoms with Crippen LogP contribution in [-0.4, -0.2) is 44.7 Å². The van der Waals surface area contributed by atoms with E-state index in [4.69, 9.17) is 4.74 Å². The molecule has 4 heterocycles. The van der Waals surface area contributed by atoms with Crippen molar-refractivity contribution in [2.24, 2.45) is 0 Å². The predicted molar refractivity (Wildman–Crippen MR) is 117 cm³/mol. The first-order chi connectivity index (χ1) is 15.2. The van der Waals surface area contributed by atoms with Crippen LogP contribution < -0.4 is 5.32 Å². The summed E-state index contributed by atoms with van der Waals surface area (Å²) >= 11 is 0. The van der Waals surface area contributed by atoms with E-state index in [1.807, 2.05) is 6.92 Å². The van der Waals surface area contributed by atoms with Crippen molar-refractivity contribution in [2.75, 3.05) is 5.32 Å². The molecule has 0 saturated carbocycles. The summed E-state index contributed by atoms with van der Waals surface area (Å²) in [5, 5.41) is 2.34. The van der Waals surface area contributed by atoms with Crippen LogP contribution in [0.15, 0.2) is 35.7 Å². The summed E-state index contributed by atoms with van der Waals surface area (Å²) in [4.78, 5) is 19.7. The highest BCUT2D eigenvalue weighted by atomic mass is 32.2. The molecule has 0 spiro atoms. The summed E-state index contributed by atoms with van der Waals surface area (Å²) in [5.41, 5.74) is 0.957. The van der Waals surface area contributed by atoms with Gasteiger partial charge in [0.25, 0.3) is 0 Å². The Morgan fingerprint density at radius 1 is 1.16 bits per heavy atom. The number of pyridine rings is 1. The van der Waals surface area contributed by atoms with Gasteiger partial charge in [-0.3, -0.25) is 0 Å². The summed E-state index contributed by atoms with van der Waals surface area (Å²) < 4.78 is 44.8. The van der Waals surface area contributed by atoms with Crippen molar-refractivity contribution >= 4 is 21.5 Å². The number of halogens is 1. The zero-order valence-corrected chi connectivity index (χ0v) is 18.9. The molecule has 0 bridgehead atoms. The Labute approximate surface area is 185 Å². The lowest BCUT2D eigenvalue weighted by Crippen LogP contribution is -2.20. The molecule has 2 N–H and O–H groups in total. The Bertz CT molecular complexity index is 1200. The summed E-state index contributed by atoms with van der Waals surface area (Å²) in [6.07, 6.45) is 6.88. The van der Waals surface area contributed by atoms with E-state index in [1.165, 1.54) is 18.5 Å². The minimum absolute atomic E-state index is 0.0111. The van der Waals surface area contributed by atoms with Crippen LogP contribution >= 0.6 is 0 Å². The van der Waals surface area contributed by atoms with Crippen LogP contribution in [0.4, 0.5) is 16.0 Å². The van der Waals surface area contributed by atoms with Crippen molar-refractivity contribution in [3.05, 3.63) is 42.4 Å². The first-order valence-electron chi connectivity index (χ1n) is 10.4. The lowest BCUT2D eigenvalue weighted by atomic mass is 10.0. The van der Waals surface area contributed by atoms with Crippen LogP contribution in [-0.2, 0) is 14.6 Å².